The van der Waals surface area contributed by atoms with Crippen LogP contribution in [0, 0.1) is 5.92 Å². The summed E-state index contributed by atoms with van der Waals surface area (Å²) in [7, 11) is 1.93. The van der Waals surface area contributed by atoms with Crippen molar-refractivity contribution in [2.75, 3.05) is 24.5 Å². The summed E-state index contributed by atoms with van der Waals surface area (Å²) in [5.41, 5.74) is 1.23. The Morgan fingerprint density at radius 3 is 2.83 bits per heavy atom. The van der Waals surface area contributed by atoms with Crippen LogP contribution >= 0.6 is 11.3 Å². The Morgan fingerprint density at radius 2 is 2.07 bits per heavy atom. The van der Waals surface area contributed by atoms with Crippen LogP contribution in [0.25, 0.3) is 10.2 Å². The molecule has 2 atom stereocenters. The van der Waals surface area contributed by atoms with Gasteiger partial charge in [-0.25, -0.2) is 9.97 Å². The van der Waals surface area contributed by atoms with Gasteiger partial charge in [-0.15, -0.1) is 11.3 Å². The molecule has 10 heteroatoms. The van der Waals surface area contributed by atoms with Crippen molar-refractivity contribution in [3.63, 3.8) is 0 Å². The van der Waals surface area contributed by atoms with Gasteiger partial charge in [-0.1, -0.05) is 0 Å². The lowest BCUT2D eigenvalue weighted by Crippen LogP contribution is -2.46. The molecule has 160 valence electrons. The zero-order chi connectivity index (χ0) is 20.9. The summed E-state index contributed by atoms with van der Waals surface area (Å²) in [6.07, 6.45) is 2.48. The fourth-order valence-electron chi connectivity index (χ4n) is 4.89. The third-order valence-corrected chi connectivity index (χ3v) is 7.17. The van der Waals surface area contributed by atoms with E-state index in [0.29, 0.717) is 16.8 Å². The van der Waals surface area contributed by atoms with E-state index in [0.717, 1.165) is 61.6 Å². The SMILES string of the molecule is Cn1cc(CN2CCC3CN(c4ncnc5sc(CC(F)(F)F)cc45)CCC32)cn1. The summed E-state index contributed by atoms with van der Waals surface area (Å²) < 4.78 is 40.3. The van der Waals surface area contributed by atoms with Crippen molar-refractivity contribution in [1.29, 1.82) is 0 Å². The molecular weight excluding hydrogens is 413 g/mol. The maximum absolute atomic E-state index is 12.8. The van der Waals surface area contributed by atoms with E-state index >= 15 is 0 Å². The van der Waals surface area contributed by atoms with Gasteiger partial charge in [0.1, 0.15) is 17.0 Å². The van der Waals surface area contributed by atoms with Gasteiger partial charge < -0.3 is 4.90 Å². The minimum absolute atomic E-state index is 0.289. The van der Waals surface area contributed by atoms with Gasteiger partial charge in [-0.2, -0.15) is 18.3 Å². The number of fused-ring (bicyclic) bond motifs is 2. The maximum atomic E-state index is 12.8. The number of rotatable bonds is 4. The smallest absolute Gasteiger partial charge is 0.356 e. The minimum Gasteiger partial charge on any atom is -0.356 e. The number of thiophene rings is 1. The standard InChI is InChI=1S/C20H23F3N6S/c1-27-9-13(8-26-27)10-28-4-2-14-11-29(5-3-17(14)28)18-16-6-15(7-20(21,22)23)30-19(16)25-12-24-18/h6,8-9,12,14,17H,2-5,7,10-11H2,1H3. The molecule has 2 unspecified atom stereocenters. The predicted molar refractivity (Wildman–Crippen MR) is 110 cm³/mol. The van der Waals surface area contributed by atoms with Crippen LogP contribution in [0.3, 0.4) is 0 Å². The Balaban J connectivity index is 1.32. The van der Waals surface area contributed by atoms with Crippen LogP contribution in [0.5, 0.6) is 0 Å². The van der Waals surface area contributed by atoms with Crippen molar-refractivity contribution < 1.29 is 13.2 Å². The molecule has 5 rings (SSSR count). The van der Waals surface area contributed by atoms with Crippen LogP contribution in [-0.4, -0.2) is 56.5 Å². The van der Waals surface area contributed by atoms with E-state index in [1.54, 1.807) is 6.07 Å². The van der Waals surface area contributed by atoms with E-state index in [1.807, 2.05) is 17.9 Å². The van der Waals surface area contributed by atoms with Crippen LogP contribution in [0.1, 0.15) is 23.3 Å². The first-order chi connectivity index (χ1) is 14.4. The number of nitrogens with zero attached hydrogens (tertiary/aromatic N) is 6. The number of anilines is 1. The largest absolute Gasteiger partial charge is 0.393 e. The van der Waals surface area contributed by atoms with Crippen molar-refractivity contribution >= 4 is 27.4 Å². The van der Waals surface area contributed by atoms with E-state index in [4.69, 9.17) is 0 Å². The molecule has 0 amide bonds. The van der Waals surface area contributed by atoms with Crippen LogP contribution in [0.15, 0.2) is 24.8 Å². The molecule has 6 nitrogen and oxygen atoms in total. The second-order valence-electron chi connectivity index (χ2n) is 8.26. The van der Waals surface area contributed by atoms with Gasteiger partial charge in [0.15, 0.2) is 0 Å². The zero-order valence-corrected chi connectivity index (χ0v) is 17.5. The van der Waals surface area contributed by atoms with E-state index in [2.05, 4.69) is 31.1 Å². The quantitative estimate of drug-likeness (QED) is 0.625. The van der Waals surface area contributed by atoms with Crippen molar-refractivity contribution in [2.45, 2.75) is 38.0 Å². The molecule has 5 heterocycles. The topological polar surface area (TPSA) is 50.1 Å². The highest BCUT2D eigenvalue weighted by atomic mass is 32.1. The number of likely N-dealkylation sites (tertiary alicyclic amines) is 1. The van der Waals surface area contributed by atoms with Crippen molar-refractivity contribution in [2.24, 2.45) is 13.0 Å². The molecule has 0 spiro atoms. The zero-order valence-electron chi connectivity index (χ0n) is 16.6. The molecule has 0 aliphatic carbocycles. The lowest BCUT2D eigenvalue weighted by Gasteiger charge is -2.38. The van der Waals surface area contributed by atoms with Crippen LogP contribution < -0.4 is 4.90 Å². The predicted octanol–water partition coefficient (Wildman–Crippen LogP) is 3.63. The first-order valence-corrected chi connectivity index (χ1v) is 10.9. The van der Waals surface area contributed by atoms with Gasteiger partial charge in [0.05, 0.1) is 18.0 Å². The van der Waals surface area contributed by atoms with E-state index in [1.165, 1.54) is 11.9 Å². The van der Waals surface area contributed by atoms with E-state index < -0.39 is 12.6 Å². The second kappa shape index (κ2) is 7.49. The number of aromatic nitrogens is 4. The second-order valence-corrected chi connectivity index (χ2v) is 9.38. The summed E-state index contributed by atoms with van der Waals surface area (Å²) in [5, 5.41) is 5.01. The number of hydrogen-bond acceptors (Lipinski definition) is 6. The Hall–Kier alpha value is -2.20. The summed E-state index contributed by atoms with van der Waals surface area (Å²) in [4.78, 5) is 14.4. The number of aryl methyl sites for hydroxylation is 1. The number of alkyl halides is 3. The highest BCUT2D eigenvalue weighted by molar-refractivity contribution is 7.18. The minimum atomic E-state index is -4.21. The van der Waals surface area contributed by atoms with Crippen molar-refractivity contribution in [3.05, 3.63) is 35.2 Å². The molecule has 0 saturated carbocycles. The molecule has 0 bridgehead atoms. The number of halogens is 3. The Labute approximate surface area is 176 Å². The van der Waals surface area contributed by atoms with Crippen molar-refractivity contribution in [1.82, 2.24) is 24.6 Å². The van der Waals surface area contributed by atoms with Crippen molar-refractivity contribution in [3.8, 4) is 0 Å². The Bertz CT molecular complexity index is 1040. The summed E-state index contributed by atoms with van der Waals surface area (Å²) in [5.74, 6) is 1.31. The van der Waals surface area contributed by atoms with E-state index in [9.17, 15) is 13.2 Å². The normalized spacial score (nSPS) is 22.7. The summed E-state index contributed by atoms with van der Waals surface area (Å²) >= 11 is 1.11. The molecule has 2 fully saturated rings. The summed E-state index contributed by atoms with van der Waals surface area (Å²) in [6.45, 7) is 3.70. The van der Waals surface area contributed by atoms with Gasteiger partial charge in [0.2, 0.25) is 0 Å². The fraction of sp³-hybridized carbons (Fsp3) is 0.550. The Kier molecular flexibility index (Phi) is 4.93. The van der Waals surface area contributed by atoms with Gasteiger partial charge in [0, 0.05) is 49.4 Å². The Morgan fingerprint density at radius 1 is 1.20 bits per heavy atom. The first-order valence-electron chi connectivity index (χ1n) is 10.1. The lowest BCUT2D eigenvalue weighted by atomic mass is 9.92. The molecule has 0 aromatic carbocycles. The van der Waals surface area contributed by atoms with E-state index in [-0.39, 0.29) is 4.88 Å². The third kappa shape index (κ3) is 3.90. The number of hydrogen-bond donors (Lipinski definition) is 0. The van der Waals surface area contributed by atoms with Crippen LogP contribution in [0.4, 0.5) is 19.0 Å². The molecule has 2 aliphatic heterocycles. The highest BCUT2D eigenvalue weighted by Gasteiger charge is 2.39. The first kappa shape index (κ1) is 19.7. The van der Waals surface area contributed by atoms with Gasteiger partial charge >= 0.3 is 6.18 Å². The molecule has 3 aromatic rings. The lowest BCUT2D eigenvalue weighted by molar-refractivity contribution is -0.126. The molecule has 2 saturated heterocycles. The molecule has 2 aliphatic rings. The van der Waals surface area contributed by atoms with Crippen LogP contribution in [-0.2, 0) is 20.0 Å². The van der Waals surface area contributed by atoms with Crippen LogP contribution in [0.2, 0.25) is 0 Å². The molecule has 30 heavy (non-hydrogen) atoms. The molecule has 3 aromatic heterocycles. The third-order valence-electron chi connectivity index (χ3n) is 6.13. The van der Waals surface area contributed by atoms with Gasteiger partial charge in [-0.05, 0) is 31.4 Å². The maximum Gasteiger partial charge on any atom is 0.393 e. The average molecular weight is 437 g/mol. The molecule has 0 radical (unpaired) electrons. The highest BCUT2D eigenvalue weighted by Crippen LogP contribution is 2.38. The molecule has 0 N–H and O–H groups in total. The van der Waals surface area contributed by atoms with Gasteiger partial charge in [0.25, 0.3) is 0 Å². The summed E-state index contributed by atoms with van der Waals surface area (Å²) in [6, 6.07) is 2.15. The molecular formula is C20H23F3N6S. The average Bonchev–Trinajstić information content (AvgIpc) is 3.38. The van der Waals surface area contributed by atoms with Gasteiger partial charge in [-0.3, -0.25) is 9.58 Å². The monoisotopic (exact) mass is 436 g/mol. The fourth-order valence-corrected chi connectivity index (χ4v) is 5.91. The number of piperidine rings is 1.